The third-order valence-electron chi connectivity index (χ3n) is 2.95. The lowest BCUT2D eigenvalue weighted by Crippen LogP contribution is -2.02. The highest BCUT2D eigenvalue weighted by Gasteiger charge is 2.17. The number of halogens is 1. The minimum Gasteiger partial charge on any atom is -0.463 e. The molecule has 0 saturated heterocycles. The van der Waals surface area contributed by atoms with Crippen molar-refractivity contribution in [2.75, 3.05) is 7.11 Å². The number of hydrogen-bond donors (Lipinski definition) is 0. The maximum Gasteiger partial charge on any atom is 0.374 e. The maximum absolute atomic E-state index is 11.5. The quantitative estimate of drug-likeness (QED) is 0.507. The summed E-state index contributed by atoms with van der Waals surface area (Å²) in [5.74, 6) is 0.485. The van der Waals surface area contributed by atoms with Crippen LogP contribution in [0, 0.1) is 0 Å². The standard InChI is InChI=1S/C15H11ClN2O4S/c1-20-14(19)12-10(5-6-21-12)8-23-15-18-17-13(22-15)9-3-2-4-11(16)7-9/h2-7H,8H2,1H3. The van der Waals surface area contributed by atoms with Gasteiger partial charge in [-0.05, 0) is 24.3 Å². The van der Waals surface area contributed by atoms with Gasteiger partial charge < -0.3 is 13.6 Å². The molecule has 2 aromatic heterocycles. The number of carbonyl (C=O) groups is 1. The summed E-state index contributed by atoms with van der Waals surface area (Å²) in [6.45, 7) is 0. The number of aromatic nitrogens is 2. The van der Waals surface area contributed by atoms with Crippen molar-refractivity contribution in [2.45, 2.75) is 11.0 Å². The number of furan rings is 1. The molecule has 0 atom stereocenters. The van der Waals surface area contributed by atoms with Gasteiger partial charge in [-0.15, -0.1) is 10.2 Å². The zero-order valence-corrected chi connectivity index (χ0v) is 13.6. The minimum absolute atomic E-state index is 0.176. The van der Waals surface area contributed by atoms with Crippen molar-refractivity contribution in [3.63, 3.8) is 0 Å². The van der Waals surface area contributed by atoms with Crippen LogP contribution in [0.1, 0.15) is 16.1 Å². The Morgan fingerprint density at radius 1 is 1.35 bits per heavy atom. The first-order chi connectivity index (χ1) is 11.2. The molecule has 1 aromatic carbocycles. The summed E-state index contributed by atoms with van der Waals surface area (Å²) in [5, 5.41) is 8.94. The monoisotopic (exact) mass is 350 g/mol. The van der Waals surface area contributed by atoms with Gasteiger partial charge in [0.25, 0.3) is 5.22 Å². The van der Waals surface area contributed by atoms with Gasteiger partial charge in [-0.2, -0.15) is 0 Å². The van der Waals surface area contributed by atoms with E-state index in [-0.39, 0.29) is 5.76 Å². The molecule has 0 fully saturated rings. The number of ether oxygens (including phenoxy) is 1. The van der Waals surface area contributed by atoms with Crippen LogP contribution >= 0.6 is 23.4 Å². The molecule has 23 heavy (non-hydrogen) atoms. The molecular formula is C15H11ClN2O4S. The highest BCUT2D eigenvalue weighted by Crippen LogP contribution is 2.28. The third-order valence-corrected chi connectivity index (χ3v) is 4.05. The topological polar surface area (TPSA) is 78.4 Å². The molecule has 0 N–H and O–H groups in total. The van der Waals surface area contributed by atoms with Crippen LogP contribution in [0.15, 0.2) is 50.7 Å². The fourth-order valence-electron chi connectivity index (χ4n) is 1.87. The van der Waals surface area contributed by atoms with Crippen LogP contribution in [-0.2, 0) is 10.5 Å². The van der Waals surface area contributed by atoms with E-state index >= 15 is 0 Å². The molecule has 0 aliphatic rings. The average Bonchev–Trinajstić information content (AvgIpc) is 3.21. The van der Waals surface area contributed by atoms with Crippen LogP contribution in [0.2, 0.25) is 5.02 Å². The highest BCUT2D eigenvalue weighted by molar-refractivity contribution is 7.98. The van der Waals surface area contributed by atoms with Gasteiger partial charge in [0.05, 0.1) is 13.4 Å². The van der Waals surface area contributed by atoms with E-state index in [9.17, 15) is 4.79 Å². The molecule has 118 valence electrons. The first-order valence-corrected chi connectivity index (χ1v) is 7.90. The SMILES string of the molecule is COC(=O)c1occc1CSc1nnc(-c2cccc(Cl)c2)o1. The molecular weight excluding hydrogens is 340 g/mol. The van der Waals surface area contributed by atoms with Crippen molar-refractivity contribution in [1.29, 1.82) is 0 Å². The van der Waals surface area contributed by atoms with Crippen LogP contribution in [0.25, 0.3) is 11.5 Å². The summed E-state index contributed by atoms with van der Waals surface area (Å²) >= 11 is 7.24. The molecule has 0 bridgehead atoms. The van der Waals surface area contributed by atoms with Crippen LogP contribution in [-0.4, -0.2) is 23.3 Å². The lowest BCUT2D eigenvalue weighted by molar-refractivity contribution is 0.0564. The van der Waals surface area contributed by atoms with E-state index in [0.717, 1.165) is 5.56 Å². The van der Waals surface area contributed by atoms with Crippen molar-refractivity contribution < 1.29 is 18.4 Å². The number of carbonyl (C=O) groups excluding carboxylic acids is 1. The molecule has 0 unspecified atom stereocenters. The summed E-state index contributed by atoms with van der Waals surface area (Å²) in [6.07, 6.45) is 1.44. The second kappa shape index (κ2) is 6.89. The van der Waals surface area contributed by atoms with Gasteiger partial charge in [-0.25, -0.2) is 4.79 Å². The van der Waals surface area contributed by atoms with Gasteiger partial charge in [0.1, 0.15) is 0 Å². The average molecular weight is 351 g/mol. The molecule has 0 radical (unpaired) electrons. The van der Waals surface area contributed by atoms with E-state index in [1.54, 1.807) is 18.2 Å². The highest BCUT2D eigenvalue weighted by atomic mass is 35.5. The summed E-state index contributed by atoms with van der Waals surface area (Å²) in [6, 6.07) is 8.86. The van der Waals surface area contributed by atoms with E-state index in [1.807, 2.05) is 12.1 Å². The summed E-state index contributed by atoms with van der Waals surface area (Å²) in [5.41, 5.74) is 1.44. The predicted octanol–water partition coefficient (Wildman–Crippen LogP) is 4.06. The molecule has 0 aliphatic carbocycles. The number of benzene rings is 1. The summed E-state index contributed by atoms with van der Waals surface area (Å²) in [7, 11) is 1.30. The number of thioether (sulfide) groups is 1. The Bertz CT molecular complexity index is 830. The maximum atomic E-state index is 11.5. The molecule has 0 saturated carbocycles. The van der Waals surface area contributed by atoms with Crippen molar-refractivity contribution in [3.05, 3.63) is 52.9 Å². The number of nitrogens with zero attached hydrogens (tertiary/aromatic N) is 2. The lowest BCUT2D eigenvalue weighted by atomic mass is 10.2. The zero-order chi connectivity index (χ0) is 16.2. The Hall–Kier alpha value is -2.25. The van der Waals surface area contributed by atoms with E-state index < -0.39 is 5.97 Å². The van der Waals surface area contributed by atoms with Crippen LogP contribution in [0.3, 0.4) is 0 Å². The molecule has 6 nitrogen and oxygen atoms in total. The normalized spacial score (nSPS) is 10.7. The van der Waals surface area contributed by atoms with Crippen molar-refractivity contribution in [3.8, 4) is 11.5 Å². The fourth-order valence-corrected chi connectivity index (χ4v) is 2.80. The fraction of sp³-hybridized carbons (Fsp3) is 0.133. The van der Waals surface area contributed by atoms with E-state index in [1.165, 1.54) is 25.1 Å². The molecule has 2 heterocycles. The molecule has 0 amide bonds. The predicted molar refractivity (Wildman–Crippen MR) is 84.4 cm³/mol. The Kier molecular flexibility index (Phi) is 4.68. The van der Waals surface area contributed by atoms with Crippen LogP contribution < -0.4 is 0 Å². The van der Waals surface area contributed by atoms with E-state index in [2.05, 4.69) is 14.9 Å². The Balaban J connectivity index is 1.71. The Labute approximate surface area is 140 Å². The molecule has 0 aliphatic heterocycles. The van der Waals surface area contributed by atoms with E-state index in [4.69, 9.17) is 20.4 Å². The number of hydrogen-bond acceptors (Lipinski definition) is 7. The van der Waals surface area contributed by atoms with Gasteiger partial charge >= 0.3 is 5.97 Å². The van der Waals surface area contributed by atoms with Crippen molar-refractivity contribution in [1.82, 2.24) is 10.2 Å². The molecule has 3 aromatic rings. The third kappa shape index (κ3) is 3.57. The summed E-state index contributed by atoms with van der Waals surface area (Å²) < 4.78 is 15.4. The first kappa shape index (κ1) is 15.6. The second-order valence-electron chi connectivity index (χ2n) is 4.44. The summed E-state index contributed by atoms with van der Waals surface area (Å²) in [4.78, 5) is 11.5. The lowest BCUT2D eigenvalue weighted by Gasteiger charge is -1.98. The molecule has 8 heteroatoms. The number of rotatable bonds is 5. The molecule has 3 rings (SSSR count). The van der Waals surface area contributed by atoms with Gasteiger partial charge in [0, 0.05) is 21.9 Å². The van der Waals surface area contributed by atoms with Crippen LogP contribution in [0.5, 0.6) is 0 Å². The van der Waals surface area contributed by atoms with Crippen molar-refractivity contribution in [2.24, 2.45) is 0 Å². The zero-order valence-electron chi connectivity index (χ0n) is 12.0. The smallest absolute Gasteiger partial charge is 0.374 e. The van der Waals surface area contributed by atoms with Gasteiger partial charge in [0.15, 0.2) is 0 Å². The van der Waals surface area contributed by atoms with Gasteiger partial charge in [0.2, 0.25) is 11.7 Å². The number of methoxy groups -OCH3 is 1. The van der Waals surface area contributed by atoms with Gasteiger partial charge in [-0.3, -0.25) is 0 Å². The van der Waals surface area contributed by atoms with E-state index in [0.29, 0.717) is 27.5 Å². The molecule has 0 spiro atoms. The largest absolute Gasteiger partial charge is 0.463 e. The first-order valence-electron chi connectivity index (χ1n) is 6.54. The van der Waals surface area contributed by atoms with Gasteiger partial charge in [-0.1, -0.05) is 29.4 Å². The second-order valence-corrected chi connectivity index (χ2v) is 5.80. The number of esters is 1. The Morgan fingerprint density at radius 3 is 3.00 bits per heavy atom. The Morgan fingerprint density at radius 2 is 2.22 bits per heavy atom. The minimum atomic E-state index is -0.518. The van der Waals surface area contributed by atoms with Crippen LogP contribution in [0.4, 0.5) is 0 Å². The van der Waals surface area contributed by atoms with Crippen molar-refractivity contribution >= 4 is 29.3 Å².